The second-order valence-corrected chi connectivity index (χ2v) is 7.22. The predicted molar refractivity (Wildman–Crippen MR) is 91.5 cm³/mol. The van der Waals surface area contributed by atoms with Gasteiger partial charge < -0.3 is 9.64 Å². The van der Waals surface area contributed by atoms with E-state index in [0.717, 1.165) is 30.3 Å². The highest BCUT2D eigenvalue weighted by molar-refractivity contribution is 5.79. The third-order valence-electron chi connectivity index (χ3n) is 4.17. The van der Waals surface area contributed by atoms with Crippen LogP contribution in [0.15, 0.2) is 36.5 Å². The molecule has 4 heteroatoms. The lowest BCUT2D eigenvalue weighted by Gasteiger charge is -2.34. The lowest BCUT2D eigenvalue weighted by atomic mass is 9.90. The van der Waals surface area contributed by atoms with E-state index >= 15 is 0 Å². The number of fused-ring (bicyclic) bond motifs is 1. The van der Waals surface area contributed by atoms with E-state index in [2.05, 4.69) is 29.2 Å². The van der Waals surface area contributed by atoms with Crippen LogP contribution in [0.2, 0.25) is 0 Å². The molecule has 0 radical (unpaired) electrons. The molecule has 4 nitrogen and oxygen atoms in total. The third kappa shape index (κ3) is 3.81. The van der Waals surface area contributed by atoms with Gasteiger partial charge in [0.1, 0.15) is 5.60 Å². The Morgan fingerprint density at radius 1 is 1.30 bits per heavy atom. The summed E-state index contributed by atoms with van der Waals surface area (Å²) < 4.78 is 5.51. The van der Waals surface area contributed by atoms with Gasteiger partial charge in [-0.3, -0.25) is 4.98 Å². The van der Waals surface area contributed by atoms with Gasteiger partial charge in [0.05, 0.1) is 5.52 Å². The predicted octanol–water partition coefficient (Wildman–Crippen LogP) is 4.35. The molecule has 23 heavy (non-hydrogen) atoms. The molecule has 1 unspecified atom stereocenters. The number of nitrogens with zero attached hydrogens (tertiary/aromatic N) is 2. The number of hydrogen-bond acceptors (Lipinski definition) is 3. The summed E-state index contributed by atoms with van der Waals surface area (Å²) in [7, 11) is 0. The maximum atomic E-state index is 12.3. The molecule has 1 amide bonds. The van der Waals surface area contributed by atoms with E-state index in [4.69, 9.17) is 4.74 Å². The van der Waals surface area contributed by atoms with Crippen molar-refractivity contribution in [1.82, 2.24) is 9.88 Å². The number of amides is 1. The van der Waals surface area contributed by atoms with Gasteiger partial charge in [-0.2, -0.15) is 0 Å². The summed E-state index contributed by atoms with van der Waals surface area (Å²) >= 11 is 0. The van der Waals surface area contributed by atoms with Gasteiger partial charge in [-0.15, -0.1) is 0 Å². The Kier molecular flexibility index (Phi) is 4.24. The number of carbonyl (C=O) groups is 1. The van der Waals surface area contributed by atoms with E-state index in [-0.39, 0.29) is 6.09 Å². The topological polar surface area (TPSA) is 42.4 Å². The fourth-order valence-corrected chi connectivity index (χ4v) is 3.08. The molecular weight excluding hydrogens is 288 g/mol. The zero-order valence-electron chi connectivity index (χ0n) is 14.1. The van der Waals surface area contributed by atoms with Gasteiger partial charge in [0.25, 0.3) is 0 Å². The van der Waals surface area contributed by atoms with Crippen molar-refractivity contribution in [2.45, 2.75) is 45.1 Å². The smallest absolute Gasteiger partial charge is 0.410 e. The van der Waals surface area contributed by atoms with Crippen molar-refractivity contribution in [3.63, 3.8) is 0 Å². The fourth-order valence-electron chi connectivity index (χ4n) is 3.08. The van der Waals surface area contributed by atoms with E-state index < -0.39 is 5.60 Å². The number of pyridine rings is 1. The second kappa shape index (κ2) is 6.19. The number of aromatic nitrogens is 1. The standard InChI is InChI=1S/C19H24N2O2/c1-19(2,3)23-18(22)21-11-5-7-16(13-21)15-9-8-14-6-4-10-20-17(14)12-15/h4,6,8-10,12,16H,5,7,11,13H2,1-3H3. The van der Waals surface area contributed by atoms with Crippen LogP contribution in [0.1, 0.15) is 45.1 Å². The Hall–Kier alpha value is -2.10. The molecular formula is C19H24N2O2. The molecule has 1 atom stereocenters. The maximum Gasteiger partial charge on any atom is 0.410 e. The van der Waals surface area contributed by atoms with Crippen LogP contribution in [0.4, 0.5) is 4.79 Å². The Labute approximate surface area is 137 Å². The average molecular weight is 312 g/mol. The van der Waals surface area contributed by atoms with Crippen LogP contribution in [0, 0.1) is 0 Å². The molecule has 0 aliphatic carbocycles. The molecule has 122 valence electrons. The van der Waals surface area contributed by atoms with Crippen LogP contribution in [0.25, 0.3) is 10.9 Å². The fraction of sp³-hybridized carbons (Fsp3) is 0.474. The van der Waals surface area contributed by atoms with Gasteiger partial charge >= 0.3 is 6.09 Å². The van der Waals surface area contributed by atoms with Crippen LogP contribution in [0.5, 0.6) is 0 Å². The molecule has 0 saturated carbocycles. The summed E-state index contributed by atoms with van der Waals surface area (Å²) in [6.45, 7) is 7.20. The van der Waals surface area contributed by atoms with Crippen LogP contribution in [-0.2, 0) is 4.74 Å². The number of hydrogen-bond donors (Lipinski definition) is 0. The van der Waals surface area contributed by atoms with Crippen molar-refractivity contribution >= 4 is 17.0 Å². The minimum Gasteiger partial charge on any atom is -0.444 e. The van der Waals surface area contributed by atoms with Crippen LogP contribution in [0.3, 0.4) is 0 Å². The van der Waals surface area contributed by atoms with Crippen LogP contribution < -0.4 is 0 Å². The van der Waals surface area contributed by atoms with Gasteiger partial charge in [0.2, 0.25) is 0 Å². The first kappa shape index (κ1) is 15.8. The molecule has 0 N–H and O–H groups in total. The molecule has 3 rings (SSSR count). The molecule has 1 aliphatic rings. The number of rotatable bonds is 1. The Morgan fingerprint density at radius 3 is 2.91 bits per heavy atom. The first-order chi connectivity index (χ1) is 10.9. The minimum atomic E-state index is -0.448. The first-order valence-corrected chi connectivity index (χ1v) is 8.25. The van der Waals surface area contributed by atoms with Crippen molar-refractivity contribution in [3.8, 4) is 0 Å². The van der Waals surface area contributed by atoms with Crippen molar-refractivity contribution in [1.29, 1.82) is 0 Å². The van der Waals surface area contributed by atoms with Crippen molar-refractivity contribution in [3.05, 3.63) is 42.1 Å². The number of ether oxygens (including phenoxy) is 1. The quantitative estimate of drug-likeness (QED) is 0.786. The first-order valence-electron chi connectivity index (χ1n) is 8.25. The average Bonchev–Trinajstić information content (AvgIpc) is 2.53. The number of likely N-dealkylation sites (tertiary alicyclic amines) is 1. The molecule has 2 aromatic rings. The molecule has 1 aromatic heterocycles. The van der Waals surface area contributed by atoms with E-state index in [1.165, 1.54) is 5.56 Å². The van der Waals surface area contributed by atoms with Crippen LogP contribution >= 0.6 is 0 Å². The highest BCUT2D eigenvalue weighted by Gasteiger charge is 2.28. The van der Waals surface area contributed by atoms with Crippen molar-refractivity contribution < 1.29 is 9.53 Å². The van der Waals surface area contributed by atoms with E-state index in [0.29, 0.717) is 12.5 Å². The maximum absolute atomic E-state index is 12.3. The molecule has 1 fully saturated rings. The summed E-state index contributed by atoms with van der Waals surface area (Å²) in [6, 6.07) is 10.4. The zero-order valence-corrected chi connectivity index (χ0v) is 14.1. The molecule has 1 saturated heterocycles. The summed E-state index contributed by atoms with van der Waals surface area (Å²) in [5, 5.41) is 1.15. The molecule has 0 bridgehead atoms. The highest BCUT2D eigenvalue weighted by atomic mass is 16.6. The Balaban J connectivity index is 1.75. The van der Waals surface area contributed by atoms with Gasteiger partial charge in [-0.05, 0) is 51.3 Å². The SMILES string of the molecule is CC(C)(C)OC(=O)N1CCCC(c2ccc3cccnc3c2)C1. The van der Waals surface area contributed by atoms with E-state index in [9.17, 15) is 4.79 Å². The van der Waals surface area contributed by atoms with Gasteiger partial charge in [0.15, 0.2) is 0 Å². The van der Waals surface area contributed by atoms with Crippen molar-refractivity contribution in [2.24, 2.45) is 0 Å². The second-order valence-electron chi connectivity index (χ2n) is 7.22. The highest BCUT2D eigenvalue weighted by Crippen LogP contribution is 2.29. The van der Waals surface area contributed by atoms with Gasteiger partial charge in [0, 0.05) is 30.6 Å². The van der Waals surface area contributed by atoms with Gasteiger partial charge in [-0.25, -0.2) is 4.79 Å². The molecule has 0 spiro atoms. The lowest BCUT2D eigenvalue weighted by Crippen LogP contribution is -2.42. The van der Waals surface area contributed by atoms with Crippen LogP contribution in [-0.4, -0.2) is 34.7 Å². The van der Waals surface area contributed by atoms with Gasteiger partial charge in [-0.1, -0.05) is 18.2 Å². The molecule has 1 aromatic carbocycles. The Bertz CT molecular complexity index is 706. The summed E-state index contributed by atoms with van der Waals surface area (Å²) in [5.74, 6) is 0.350. The van der Waals surface area contributed by atoms with E-state index in [1.54, 1.807) is 0 Å². The third-order valence-corrected chi connectivity index (χ3v) is 4.17. The monoisotopic (exact) mass is 312 g/mol. The lowest BCUT2D eigenvalue weighted by molar-refractivity contribution is 0.0198. The molecule has 1 aliphatic heterocycles. The normalized spacial score (nSPS) is 18.9. The summed E-state index contributed by atoms with van der Waals surface area (Å²) in [4.78, 5) is 18.6. The number of piperidine rings is 1. The summed E-state index contributed by atoms with van der Waals surface area (Å²) in [6.07, 6.45) is 3.71. The van der Waals surface area contributed by atoms with E-state index in [1.807, 2.05) is 37.9 Å². The Morgan fingerprint density at radius 2 is 2.13 bits per heavy atom. The number of benzene rings is 1. The molecule has 2 heterocycles. The largest absolute Gasteiger partial charge is 0.444 e. The van der Waals surface area contributed by atoms with Crippen molar-refractivity contribution in [2.75, 3.05) is 13.1 Å². The minimum absolute atomic E-state index is 0.207. The zero-order chi connectivity index (χ0) is 16.4. The number of carbonyl (C=O) groups excluding carboxylic acids is 1. The summed E-state index contributed by atoms with van der Waals surface area (Å²) in [5.41, 5.74) is 1.82.